The number of aliphatic hydroxyl groups excluding tert-OH is 2. The molecule has 4 rings (SSSR count). The first kappa shape index (κ1) is 23.0. The summed E-state index contributed by atoms with van der Waals surface area (Å²) < 4.78 is 18.6. The highest BCUT2D eigenvalue weighted by Gasteiger charge is 2.47. The van der Waals surface area contributed by atoms with Gasteiger partial charge < -0.3 is 24.4 Å². The molecule has 0 aromatic heterocycles. The van der Waals surface area contributed by atoms with Gasteiger partial charge in [0.15, 0.2) is 0 Å². The Bertz CT molecular complexity index is 925. The topological polar surface area (TPSA) is 68.2 Å². The van der Waals surface area contributed by atoms with Crippen molar-refractivity contribution in [3.05, 3.63) is 102 Å². The molecule has 5 atom stereocenters. The zero-order chi connectivity index (χ0) is 22.2. The van der Waals surface area contributed by atoms with E-state index in [0.717, 1.165) is 16.0 Å². The van der Waals surface area contributed by atoms with E-state index in [1.54, 1.807) is 0 Å². The number of ether oxygens (including phenoxy) is 3. The molecular formula is C26H28O5S. The van der Waals surface area contributed by atoms with Gasteiger partial charge >= 0.3 is 0 Å². The van der Waals surface area contributed by atoms with Gasteiger partial charge in [-0.2, -0.15) is 0 Å². The van der Waals surface area contributed by atoms with Crippen molar-refractivity contribution in [2.75, 3.05) is 6.61 Å². The molecule has 0 radical (unpaired) electrons. The quantitative estimate of drug-likeness (QED) is 0.511. The third-order valence-corrected chi connectivity index (χ3v) is 6.52. The van der Waals surface area contributed by atoms with E-state index < -0.39 is 29.9 Å². The monoisotopic (exact) mass is 452 g/mol. The molecule has 0 amide bonds. The summed E-state index contributed by atoms with van der Waals surface area (Å²) in [6.45, 7) is 0.390. The van der Waals surface area contributed by atoms with E-state index in [9.17, 15) is 10.2 Å². The Kier molecular flexibility index (Phi) is 8.34. The lowest BCUT2D eigenvalue weighted by Crippen LogP contribution is -2.59. The van der Waals surface area contributed by atoms with Crippen LogP contribution in [0.2, 0.25) is 0 Å². The molecule has 3 aromatic rings. The summed E-state index contributed by atoms with van der Waals surface area (Å²) >= 11 is 1.50. The number of hydrogen-bond donors (Lipinski definition) is 2. The average Bonchev–Trinajstić information content (AvgIpc) is 2.85. The highest BCUT2D eigenvalue weighted by molar-refractivity contribution is 7.99. The normalized spacial score (nSPS) is 25.5. The fourth-order valence-electron chi connectivity index (χ4n) is 3.67. The maximum Gasteiger partial charge on any atom is 0.137 e. The van der Waals surface area contributed by atoms with Crippen molar-refractivity contribution in [3.63, 3.8) is 0 Å². The van der Waals surface area contributed by atoms with Gasteiger partial charge in [-0.25, -0.2) is 0 Å². The van der Waals surface area contributed by atoms with Gasteiger partial charge in [0.2, 0.25) is 0 Å². The van der Waals surface area contributed by atoms with Gasteiger partial charge in [0.25, 0.3) is 0 Å². The lowest BCUT2D eigenvalue weighted by atomic mass is 9.99. The molecule has 0 saturated carbocycles. The molecular weight excluding hydrogens is 424 g/mol. The molecule has 2 N–H and O–H groups in total. The Hall–Kier alpha value is -2.19. The van der Waals surface area contributed by atoms with Crippen LogP contribution in [0.5, 0.6) is 0 Å². The van der Waals surface area contributed by atoms with Gasteiger partial charge in [0, 0.05) is 4.90 Å². The van der Waals surface area contributed by atoms with Crippen LogP contribution in [0.15, 0.2) is 95.9 Å². The van der Waals surface area contributed by atoms with Crippen LogP contribution in [0.4, 0.5) is 0 Å². The van der Waals surface area contributed by atoms with Crippen molar-refractivity contribution in [3.8, 4) is 0 Å². The molecule has 1 aliphatic rings. The summed E-state index contributed by atoms with van der Waals surface area (Å²) in [5, 5.41) is 20.8. The predicted octanol–water partition coefficient (Wildman–Crippen LogP) is 4.03. The molecule has 1 saturated heterocycles. The predicted molar refractivity (Wildman–Crippen MR) is 124 cm³/mol. The van der Waals surface area contributed by atoms with Crippen LogP contribution >= 0.6 is 11.8 Å². The van der Waals surface area contributed by atoms with Gasteiger partial charge in [-0.15, -0.1) is 0 Å². The van der Waals surface area contributed by atoms with Crippen LogP contribution in [0.25, 0.3) is 0 Å². The molecule has 0 aliphatic carbocycles. The second-order valence-electron chi connectivity index (χ2n) is 7.67. The van der Waals surface area contributed by atoms with E-state index in [2.05, 4.69) is 0 Å². The third kappa shape index (κ3) is 5.98. The lowest BCUT2D eigenvalue weighted by molar-refractivity contribution is -0.237. The van der Waals surface area contributed by atoms with E-state index in [1.807, 2.05) is 91.0 Å². The zero-order valence-corrected chi connectivity index (χ0v) is 18.5. The fourth-order valence-corrected chi connectivity index (χ4v) is 4.82. The molecule has 1 aliphatic heterocycles. The molecule has 1 heterocycles. The summed E-state index contributed by atoms with van der Waals surface area (Å²) in [5.41, 5.74) is 1.57. The number of aliphatic hydroxyl groups is 2. The van der Waals surface area contributed by atoms with E-state index in [0.29, 0.717) is 13.2 Å². The average molecular weight is 453 g/mol. The largest absolute Gasteiger partial charge is 0.394 e. The van der Waals surface area contributed by atoms with Crippen LogP contribution in [0.3, 0.4) is 0 Å². The first-order valence-corrected chi connectivity index (χ1v) is 11.6. The van der Waals surface area contributed by atoms with Gasteiger partial charge in [-0.05, 0) is 23.3 Å². The number of rotatable bonds is 9. The third-order valence-electron chi connectivity index (χ3n) is 5.36. The fraction of sp³-hybridized carbons (Fsp3) is 0.308. The van der Waals surface area contributed by atoms with Gasteiger partial charge in [0.1, 0.15) is 29.9 Å². The van der Waals surface area contributed by atoms with E-state index in [1.165, 1.54) is 11.8 Å². The van der Waals surface area contributed by atoms with E-state index in [-0.39, 0.29) is 6.61 Å². The van der Waals surface area contributed by atoms with Crippen molar-refractivity contribution in [1.82, 2.24) is 0 Å². The number of hydrogen-bond acceptors (Lipinski definition) is 6. The first-order chi connectivity index (χ1) is 15.7. The molecule has 1 fully saturated rings. The van der Waals surface area contributed by atoms with Crippen LogP contribution in [-0.2, 0) is 27.4 Å². The van der Waals surface area contributed by atoms with Crippen LogP contribution in [0, 0.1) is 0 Å². The second kappa shape index (κ2) is 11.6. The molecule has 168 valence electrons. The van der Waals surface area contributed by atoms with Gasteiger partial charge in [0.05, 0.1) is 19.8 Å². The van der Waals surface area contributed by atoms with Crippen molar-refractivity contribution in [2.24, 2.45) is 0 Å². The SMILES string of the molecule is OCC1O[C@@H](Sc2ccccc2)C(OCc2ccccc2)[C@H](OCc2ccccc2)[C@@H]1O. The summed E-state index contributed by atoms with van der Waals surface area (Å²) in [6, 6.07) is 29.6. The highest BCUT2D eigenvalue weighted by Crippen LogP contribution is 2.36. The highest BCUT2D eigenvalue weighted by atomic mass is 32.2. The Morgan fingerprint density at radius 3 is 1.75 bits per heavy atom. The summed E-state index contributed by atoms with van der Waals surface area (Å²) in [7, 11) is 0. The van der Waals surface area contributed by atoms with Crippen molar-refractivity contribution >= 4 is 11.8 Å². The van der Waals surface area contributed by atoms with Crippen molar-refractivity contribution in [1.29, 1.82) is 0 Å². The Morgan fingerprint density at radius 1 is 0.719 bits per heavy atom. The summed E-state index contributed by atoms with van der Waals surface area (Å²) in [4.78, 5) is 1.01. The van der Waals surface area contributed by atoms with Gasteiger partial charge in [-0.3, -0.25) is 0 Å². The second-order valence-corrected chi connectivity index (χ2v) is 8.84. The van der Waals surface area contributed by atoms with E-state index >= 15 is 0 Å². The molecule has 3 aromatic carbocycles. The van der Waals surface area contributed by atoms with Crippen molar-refractivity contribution in [2.45, 2.75) is 48.0 Å². The maximum absolute atomic E-state index is 11.0. The Morgan fingerprint density at radius 2 is 1.22 bits per heavy atom. The minimum Gasteiger partial charge on any atom is -0.394 e. The Balaban J connectivity index is 1.56. The molecule has 32 heavy (non-hydrogen) atoms. The molecule has 0 spiro atoms. The van der Waals surface area contributed by atoms with Crippen LogP contribution in [0.1, 0.15) is 11.1 Å². The standard InChI is InChI=1S/C26H28O5S/c27-16-22-23(28)24(29-17-19-10-4-1-5-11-19)25(30-18-20-12-6-2-7-13-20)26(31-22)32-21-14-8-3-9-15-21/h1-15,22-28H,16-18H2/t22?,23-,24-,25?,26+/m1/s1. The lowest BCUT2D eigenvalue weighted by Gasteiger charge is -2.43. The summed E-state index contributed by atoms with van der Waals surface area (Å²) in [5.74, 6) is 0. The minimum absolute atomic E-state index is 0.302. The zero-order valence-electron chi connectivity index (χ0n) is 17.7. The molecule has 5 nitrogen and oxygen atoms in total. The smallest absolute Gasteiger partial charge is 0.137 e. The van der Waals surface area contributed by atoms with Crippen LogP contribution in [-0.4, -0.2) is 46.7 Å². The number of benzene rings is 3. The van der Waals surface area contributed by atoms with Crippen molar-refractivity contribution < 1.29 is 24.4 Å². The number of thioether (sulfide) groups is 1. The molecule has 0 bridgehead atoms. The maximum atomic E-state index is 11.0. The van der Waals surface area contributed by atoms with Gasteiger partial charge in [-0.1, -0.05) is 90.6 Å². The Labute approximate surface area is 193 Å². The molecule has 2 unspecified atom stereocenters. The minimum atomic E-state index is -1.02. The van der Waals surface area contributed by atoms with E-state index in [4.69, 9.17) is 14.2 Å². The molecule has 6 heteroatoms. The summed E-state index contributed by atoms with van der Waals surface area (Å²) in [6.07, 6.45) is -2.97. The first-order valence-electron chi connectivity index (χ1n) is 10.7. The van der Waals surface area contributed by atoms with Crippen LogP contribution < -0.4 is 0 Å².